The van der Waals surface area contributed by atoms with Crippen LogP contribution in [0.5, 0.6) is 0 Å². The van der Waals surface area contributed by atoms with E-state index in [-0.39, 0.29) is 43.2 Å². The Morgan fingerprint density at radius 3 is 1.84 bits per heavy atom. The van der Waals surface area contributed by atoms with Gasteiger partial charge in [0, 0.05) is 50.1 Å². The molecular weight excluding hydrogens is 853 g/mol. The van der Waals surface area contributed by atoms with E-state index in [4.69, 9.17) is 17.2 Å². The van der Waals surface area contributed by atoms with E-state index in [1.54, 1.807) is 38.1 Å². The zero-order valence-electron chi connectivity index (χ0n) is 37.1. The highest BCUT2D eigenvalue weighted by molar-refractivity contribution is 7.89. The summed E-state index contributed by atoms with van der Waals surface area (Å²) in [6, 6.07) is 7.17. The van der Waals surface area contributed by atoms with Gasteiger partial charge >= 0.3 is 0 Å². The summed E-state index contributed by atoms with van der Waals surface area (Å²) in [5.41, 5.74) is 17.0. The zero-order valence-corrected chi connectivity index (χ0v) is 37.9. The van der Waals surface area contributed by atoms with E-state index in [2.05, 4.69) is 41.9 Å². The minimum atomic E-state index is -3.83. The fourth-order valence-corrected chi connectivity index (χ4v) is 7.63. The number of carbonyl (C=O) groups is 8. The van der Waals surface area contributed by atoms with Gasteiger partial charge in [0.15, 0.2) is 0 Å². The number of amides is 8. The molecule has 0 fully saturated rings. The first-order chi connectivity index (χ1) is 30.3. The van der Waals surface area contributed by atoms with Crippen LogP contribution >= 0.6 is 0 Å². The van der Waals surface area contributed by atoms with E-state index in [1.807, 2.05) is 31.1 Å². The van der Waals surface area contributed by atoms with Crippen LogP contribution in [0.15, 0.2) is 41.3 Å². The van der Waals surface area contributed by atoms with Gasteiger partial charge in [0.25, 0.3) is 0 Å². The molecule has 4 atom stereocenters. The molecule has 23 heteroatoms. The molecule has 0 aliphatic heterocycles. The number of carbonyl (C=O) groups excluding carboxylic acids is 8. The lowest BCUT2D eigenvalue weighted by molar-refractivity contribution is -0.133. The highest BCUT2D eigenvalue weighted by atomic mass is 32.2. The maximum Gasteiger partial charge on any atom is 0.243 e. The lowest BCUT2D eigenvalue weighted by atomic mass is 9.98. The predicted octanol–water partition coefficient (Wildman–Crippen LogP) is -2.72. The van der Waals surface area contributed by atoms with Gasteiger partial charge in [0.2, 0.25) is 57.3 Å². The molecule has 0 aromatic heterocycles. The largest absolute Gasteiger partial charge is 0.377 e. The third-order valence-electron chi connectivity index (χ3n) is 10.0. The van der Waals surface area contributed by atoms with E-state index in [9.17, 15) is 46.8 Å². The predicted molar refractivity (Wildman–Crippen MR) is 240 cm³/mol. The Hall–Kier alpha value is -5.91. The van der Waals surface area contributed by atoms with Crippen molar-refractivity contribution in [1.82, 2.24) is 41.9 Å². The summed E-state index contributed by atoms with van der Waals surface area (Å²) in [5.74, 6) is -5.82. The lowest BCUT2D eigenvalue weighted by Gasteiger charge is -2.24. The first-order valence-electron chi connectivity index (χ1n) is 21.2. The lowest BCUT2D eigenvalue weighted by Crippen LogP contribution is -2.55. The van der Waals surface area contributed by atoms with Crippen molar-refractivity contribution >= 4 is 73.7 Å². The van der Waals surface area contributed by atoms with E-state index < -0.39 is 102 Å². The van der Waals surface area contributed by atoms with Crippen LogP contribution in [0.25, 0.3) is 10.8 Å². The molecular formula is C41H66N12O10S. The van der Waals surface area contributed by atoms with Gasteiger partial charge in [0.05, 0.1) is 31.1 Å². The van der Waals surface area contributed by atoms with Crippen molar-refractivity contribution in [2.75, 3.05) is 64.8 Å². The minimum Gasteiger partial charge on any atom is -0.377 e. The maximum absolute atomic E-state index is 13.2. The van der Waals surface area contributed by atoms with Crippen LogP contribution in [0.2, 0.25) is 0 Å². The third kappa shape index (κ3) is 18.8. The van der Waals surface area contributed by atoms with Crippen molar-refractivity contribution in [3.05, 3.63) is 36.4 Å². The molecule has 4 unspecified atom stereocenters. The molecule has 14 N–H and O–H groups in total. The van der Waals surface area contributed by atoms with Gasteiger partial charge in [-0.25, -0.2) is 13.1 Å². The number of rotatable bonds is 30. The minimum absolute atomic E-state index is 0.126. The number of unbranched alkanes of at least 4 members (excludes halogenated alkanes) is 2. The van der Waals surface area contributed by atoms with E-state index in [0.29, 0.717) is 44.0 Å². The number of nitrogens with zero attached hydrogens (tertiary/aromatic N) is 1. The summed E-state index contributed by atoms with van der Waals surface area (Å²) in [6.45, 7) is 2.16. The molecule has 356 valence electrons. The average molecular weight is 919 g/mol. The van der Waals surface area contributed by atoms with E-state index in [1.165, 1.54) is 0 Å². The van der Waals surface area contributed by atoms with Gasteiger partial charge in [-0.3, -0.25) is 38.4 Å². The first kappa shape index (κ1) is 54.2. The Bertz CT molecular complexity index is 2030. The Morgan fingerprint density at radius 2 is 1.23 bits per heavy atom. The zero-order chi connectivity index (χ0) is 47.8. The fourth-order valence-electron chi connectivity index (χ4n) is 6.34. The second-order valence-electron chi connectivity index (χ2n) is 15.3. The Kier molecular flexibility index (Phi) is 23.7. The van der Waals surface area contributed by atoms with Crippen molar-refractivity contribution in [2.24, 2.45) is 23.1 Å². The topological polar surface area (TPSA) is 348 Å². The first-order valence-corrected chi connectivity index (χ1v) is 22.7. The average Bonchev–Trinajstić information content (AvgIpc) is 3.26. The van der Waals surface area contributed by atoms with Crippen molar-refractivity contribution in [1.29, 1.82) is 0 Å². The Labute approximate surface area is 374 Å². The Balaban J connectivity index is 1.88. The van der Waals surface area contributed by atoms with Crippen LogP contribution in [0, 0.1) is 5.92 Å². The number of primary amides is 1. The number of sulfonamides is 1. The summed E-state index contributed by atoms with van der Waals surface area (Å²) in [6.07, 6.45) is 2.11. The van der Waals surface area contributed by atoms with Crippen molar-refractivity contribution in [2.45, 2.75) is 88.2 Å². The van der Waals surface area contributed by atoms with Crippen LogP contribution in [0.3, 0.4) is 0 Å². The number of nitrogens with one attached hydrogen (secondary N) is 8. The number of hydrogen-bond donors (Lipinski definition) is 11. The summed E-state index contributed by atoms with van der Waals surface area (Å²) < 4.78 is 29.0. The van der Waals surface area contributed by atoms with E-state index >= 15 is 0 Å². The molecule has 2 aromatic carbocycles. The highest BCUT2D eigenvalue weighted by Crippen LogP contribution is 2.30. The van der Waals surface area contributed by atoms with Crippen molar-refractivity contribution < 1.29 is 46.8 Å². The smallest absolute Gasteiger partial charge is 0.243 e. The summed E-state index contributed by atoms with van der Waals surface area (Å²) in [7, 11) is -0.0723. The van der Waals surface area contributed by atoms with Gasteiger partial charge in [0.1, 0.15) is 18.1 Å². The molecule has 0 saturated heterocycles. The van der Waals surface area contributed by atoms with Gasteiger partial charge in [-0.05, 0) is 63.1 Å². The number of nitrogens with two attached hydrogens (primary N) is 3. The second kappa shape index (κ2) is 28.0. The standard InChI is InChI=1S/C41H66N12O10S/c1-5-26(2)38(41(61)46-23-33(44)54)52-37(58)25-48-39(59)29(14-6-7-19-42)51-36(57)24-47-40(60)30(50-35(56)22-43)17-18-34(55)45-20-8-9-21-49-64(62,63)32-16-11-12-27-28(32)13-10-15-31(27)53(3)4/h10-13,15-16,26,29-30,38,49H,5-9,14,17-25,42-43H2,1-4H3,(H2,44,54)(H,45,55)(H,46,61)(H,47,60)(H,48,59)(H,50,56)(H,51,57)(H,52,58). The maximum atomic E-state index is 13.2. The van der Waals surface area contributed by atoms with Gasteiger partial charge in [-0.1, -0.05) is 44.5 Å². The summed E-state index contributed by atoms with van der Waals surface area (Å²) >= 11 is 0. The number of hydrogen-bond acceptors (Lipinski definition) is 13. The molecule has 0 bridgehead atoms. The number of fused-ring (bicyclic) bond motifs is 1. The van der Waals surface area contributed by atoms with Crippen LogP contribution < -0.4 is 64.0 Å². The molecule has 8 amide bonds. The van der Waals surface area contributed by atoms with Gasteiger partial charge in [-0.15, -0.1) is 0 Å². The van der Waals surface area contributed by atoms with Crippen LogP contribution in [0.4, 0.5) is 5.69 Å². The fraction of sp³-hybridized carbons (Fsp3) is 0.561. The van der Waals surface area contributed by atoms with E-state index in [0.717, 1.165) is 11.1 Å². The monoisotopic (exact) mass is 918 g/mol. The quantitative estimate of drug-likeness (QED) is 0.0356. The highest BCUT2D eigenvalue weighted by Gasteiger charge is 2.28. The molecule has 0 spiro atoms. The SMILES string of the molecule is CCC(C)C(NC(=O)CNC(=O)C(CCCCN)NC(=O)CNC(=O)C(CCC(=O)NCCCCNS(=O)(=O)c1cccc2c(N(C)C)cccc12)NC(=O)CN)C(=O)NCC(N)=O. The molecule has 0 heterocycles. The molecule has 0 radical (unpaired) electrons. The molecule has 22 nitrogen and oxygen atoms in total. The van der Waals surface area contributed by atoms with Crippen LogP contribution in [-0.4, -0.2) is 134 Å². The molecule has 0 aliphatic rings. The summed E-state index contributed by atoms with van der Waals surface area (Å²) in [5, 5.41) is 18.8. The van der Waals surface area contributed by atoms with Crippen LogP contribution in [0.1, 0.15) is 65.2 Å². The van der Waals surface area contributed by atoms with Gasteiger partial charge < -0.3 is 59.3 Å². The third-order valence-corrected chi connectivity index (χ3v) is 11.6. The molecule has 2 aromatic rings. The number of anilines is 1. The molecule has 2 rings (SSSR count). The summed E-state index contributed by atoms with van der Waals surface area (Å²) in [4.78, 5) is 102. The van der Waals surface area contributed by atoms with Crippen molar-refractivity contribution in [3.63, 3.8) is 0 Å². The Morgan fingerprint density at radius 1 is 0.656 bits per heavy atom. The molecule has 64 heavy (non-hydrogen) atoms. The molecule has 0 saturated carbocycles. The van der Waals surface area contributed by atoms with Crippen LogP contribution in [-0.2, 0) is 48.4 Å². The van der Waals surface area contributed by atoms with Gasteiger partial charge in [-0.2, -0.15) is 0 Å². The normalized spacial score (nSPS) is 13.0. The molecule has 0 aliphatic carbocycles. The van der Waals surface area contributed by atoms with Crippen molar-refractivity contribution in [3.8, 4) is 0 Å². The second-order valence-corrected chi connectivity index (χ2v) is 17.0. The number of benzene rings is 2.